The first-order chi connectivity index (χ1) is 7.83. The summed E-state index contributed by atoms with van der Waals surface area (Å²) in [5.74, 6) is 0. The zero-order valence-electron chi connectivity index (χ0n) is 8.65. The fourth-order valence-electron chi connectivity index (χ4n) is 1.78. The summed E-state index contributed by atoms with van der Waals surface area (Å²) in [7, 11) is 0. The number of benzene rings is 1. The first kappa shape index (κ1) is 10.5. The van der Waals surface area contributed by atoms with E-state index in [1.54, 1.807) is 11.3 Å². The summed E-state index contributed by atoms with van der Waals surface area (Å²) >= 11 is 5.22. The van der Waals surface area contributed by atoms with Crippen LogP contribution in [0.5, 0.6) is 0 Å². The molecule has 84 valence electrons. The molecular formula is C11H11BrN2OS. The molecule has 1 fully saturated rings. The molecule has 0 unspecified atom stereocenters. The standard InChI is InChI=1S/C11H11BrN2OS/c12-8-1-2-10-9(7-8)13-11(16-10)14-3-5-15-6-4-14/h1-2,7H,3-6H2. The number of rotatable bonds is 1. The topological polar surface area (TPSA) is 25.4 Å². The van der Waals surface area contributed by atoms with Crippen LogP contribution in [0.2, 0.25) is 0 Å². The van der Waals surface area contributed by atoms with Crippen molar-refractivity contribution in [3.8, 4) is 0 Å². The molecule has 1 aliphatic rings. The molecule has 16 heavy (non-hydrogen) atoms. The number of morpholine rings is 1. The van der Waals surface area contributed by atoms with Gasteiger partial charge in [0.25, 0.3) is 0 Å². The Balaban J connectivity index is 1.97. The highest BCUT2D eigenvalue weighted by molar-refractivity contribution is 9.10. The summed E-state index contributed by atoms with van der Waals surface area (Å²) in [6.45, 7) is 3.50. The molecule has 0 amide bonds. The lowest BCUT2D eigenvalue weighted by molar-refractivity contribution is 0.122. The van der Waals surface area contributed by atoms with Crippen LogP contribution in [0.4, 0.5) is 5.13 Å². The molecule has 3 rings (SSSR count). The Morgan fingerprint density at radius 3 is 2.94 bits per heavy atom. The van der Waals surface area contributed by atoms with Crippen molar-refractivity contribution in [1.29, 1.82) is 0 Å². The summed E-state index contributed by atoms with van der Waals surface area (Å²) in [6, 6.07) is 6.24. The predicted octanol–water partition coefficient (Wildman–Crippen LogP) is 2.90. The van der Waals surface area contributed by atoms with Gasteiger partial charge in [0.1, 0.15) is 0 Å². The van der Waals surface area contributed by atoms with Crippen LogP contribution in [0.25, 0.3) is 10.2 Å². The summed E-state index contributed by atoms with van der Waals surface area (Å²) in [6.07, 6.45) is 0. The van der Waals surface area contributed by atoms with E-state index < -0.39 is 0 Å². The molecule has 2 heterocycles. The van der Waals surface area contributed by atoms with E-state index in [0.29, 0.717) is 0 Å². The predicted molar refractivity (Wildman–Crippen MR) is 70.4 cm³/mol. The van der Waals surface area contributed by atoms with E-state index in [9.17, 15) is 0 Å². The van der Waals surface area contributed by atoms with Gasteiger partial charge >= 0.3 is 0 Å². The molecule has 0 saturated carbocycles. The number of thiazole rings is 1. The van der Waals surface area contributed by atoms with Crippen LogP contribution in [-0.2, 0) is 4.74 Å². The second-order valence-corrected chi connectivity index (χ2v) is 5.63. The highest BCUT2D eigenvalue weighted by Crippen LogP contribution is 2.30. The molecule has 0 N–H and O–H groups in total. The number of anilines is 1. The monoisotopic (exact) mass is 298 g/mol. The summed E-state index contributed by atoms with van der Waals surface area (Å²) in [5.41, 5.74) is 1.07. The first-order valence-electron chi connectivity index (χ1n) is 5.22. The van der Waals surface area contributed by atoms with Gasteiger partial charge in [0.05, 0.1) is 23.4 Å². The van der Waals surface area contributed by atoms with Crippen LogP contribution in [0.3, 0.4) is 0 Å². The van der Waals surface area contributed by atoms with Crippen LogP contribution in [0, 0.1) is 0 Å². The van der Waals surface area contributed by atoms with Gasteiger partial charge in [-0.15, -0.1) is 0 Å². The number of nitrogens with zero attached hydrogens (tertiary/aromatic N) is 2. The van der Waals surface area contributed by atoms with E-state index in [2.05, 4.69) is 44.0 Å². The van der Waals surface area contributed by atoms with Gasteiger partial charge in [0.2, 0.25) is 0 Å². The molecule has 3 nitrogen and oxygen atoms in total. The summed E-state index contributed by atoms with van der Waals surface area (Å²) in [4.78, 5) is 6.95. The maximum absolute atomic E-state index is 5.34. The number of fused-ring (bicyclic) bond motifs is 1. The van der Waals surface area contributed by atoms with Crippen LogP contribution >= 0.6 is 27.3 Å². The SMILES string of the molecule is Brc1ccc2sc(N3CCOCC3)nc2c1. The van der Waals surface area contributed by atoms with Crippen molar-refractivity contribution in [1.82, 2.24) is 4.98 Å². The van der Waals surface area contributed by atoms with E-state index in [-0.39, 0.29) is 0 Å². The Kier molecular flexibility index (Phi) is 2.83. The van der Waals surface area contributed by atoms with Crippen molar-refractivity contribution in [2.24, 2.45) is 0 Å². The molecule has 0 aliphatic carbocycles. The van der Waals surface area contributed by atoms with Crippen molar-refractivity contribution in [2.75, 3.05) is 31.2 Å². The second-order valence-electron chi connectivity index (χ2n) is 3.71. The average Bonchev–Trinajstić information content (AvgIpc) is 2.73. The Hall–Kier alpha value is -0.650. The van der Waals surface area contributed by atoms with Crippen molar-refractivity contribution in [2.45, 2.75) is 0 Å². The van der Waals surface area contributed by atoms with E-state index in [1.807, 2.05) is 0 Å². The average molecular weight is 299 g/mol. The van der Waals surface area contributed by atoms with Gasteiger partial charge in [-0.2, -0.15) is 0 Å². The Bertz CT molecular complexity index is 508. The summed E-state index contributed by atoms with van der Waals surface area (Å²) < 4.78 is 7.66. The van der Waals surface area contributed by atoms with Crippen LogP contribution in [-0.4, -0.2) is 31.3 Å². The lowest BCUT2D eigenvalue weighted by atomic mass is 10.3. The molecule has 0 spiro atoms. The molecule has 0 bridgehead atoms. The number of aromatic nitrogens is 1. The van der Waals surface area contributed by atoms with Gasteiger partial charge in [-0.25, -0.2) is 4.98 Å². The molecule has 0 atom stereocenters. The van der Waals surface area contributed by atoms with Gasteiger partial charge in [-0.05, 0) is 18.2 Å². The normalized spacial score (nSPS) is 16.9. The molecule has 1 aromatic carbocycles. The third-order valence-corrected chi connectivity index (χ3v) is 4.21. The second kappa shape index (κ2) is 4.31. The first-order valence-corrected chi connectivity index (χ1v) is 6.83. The maximum atomic E-state index is 5.34. The van der Waals surface area contributed by atoms with Crippen molar-refractivity contribution in [3.63, 3.8) is 0 Å². The number of hydrogen-bond acceptors (Lipinski definition) is 4. The van der Waals surface area contributed by atoms with Crippen molar-refractivity contribution in [3.05, 3.63) is 22.7 Å². The Labute approximate surface area is 106 Å². The molecule has 5 heteroatoms. The van der Waals surface area contributed by atoms with Gasteiger partial charge in [0.15, 0.2) is 5.13 Å². The van der Waals surface area contributed by atoms with Crippen molar-refractivity contribution >= 4 is 42.6 Å². The van der Waals surface area contributed by atoms with E-state index in [0.717, 1.165) is 41.4 Å². The highest BCUT2D eigenvalue weighted by Gasteiger charge is 2.15. The van der Waals surface area contributed by atoms with Gasteiger partial charge in [-0.1, -0.05) is 27.3 Å². The lowest BCUT2D eigenvalue weighted by Crippen LogP contribution is -2.36. The summed E-state index contributed by atoms with van der Waals surface area (Å²) in [5, 5.41) is 1.11. The maximum Gasteiger partial charge on any atom is 0.186 e. The Morgan fingerprint density at radius 1 is 1.31 bits per heavy atom. The fraction of sp³-hybridized carbons (Fsp3) is 0.364. The third kappa shape index (κ3) is 1.95. The van der Waals surface area contributed by atoms with Gasteiger partial charge in [-0.3, -0.25) is 0 Å². The van der Waals surface area contributed by atoms with E-state index >= 15 is 0 Å². The van der Waals surface area contributed by atoms with Crippen LogP contribution in [0.1, 0.15) is 0 Å². The number of ether oxygens (including phenoxy) is 1. The van der Waals surface area contributed by atoms with Gasteiger partial charge < -0.3 is 9.64 Å². The smallest absolute Gasteiger partial charge is 0.186 e. The van der Waals surface area contributed by atoms with Crippen molar-refractivity contribution < 1.29 is 4.74 Å². The fourth-order valence-corrected chi connectivity index (χ4v) is 3.12. The Morgan fingerprint density at radius 2 is 2.12 bits per heavy atom. The molecule has 1 aromatic heterocycles. The molecule has 2 aromatic rings. The number of hydrogen-bond donors (Lipinski definition) is 0. The zero-order chi connectivity index (χ0) is 11.0. The molecule has 1 saturated heterocycles. The largest absolute Gasteiger partial charge is 0.378 e. The minimum absolute atomic E-state index is 0.805. The lowest BCUT2D eigenvalue weighted by Gasteiger charge is -2.25. The van der Waals surface area contributed by atoms with E-state index in [1.165, 1.54) is 4.70 Å². The molecule has 0 radical (unpaired) electrons. The third-order valence-electron chi connectivity index (χ3n) is 2.62. The quantitative estimate of drug-likeness (QED) is 0.809. The molecular weight excluding hydrogens is 288 g/mol. The molecule has 1 aliphatic heterocycles. The zero-order valence-corrected chi connectivity index (χ0v) is 11.1. The van der Waals surface area contributed by atoms with Crippen LogP contribution in [0.15, 0.2) is 22.7 Å². The van der Waals surface area contributed by atoms with Gasteiger partial charge in [0, 0.05) is 17.6 Å². The minimum Gasteiger partial charge on any atom is -0.378 e. The minimum atomic E-state index is 0.805. The highest BCUT2D eigenvalue weighted by atomic mass is 79.9. The number of halogens is 1. The van der Waals surface area contributed by atoms with Crippen LogP contribution < -0.4 is 4.90 Å². The van der Waals surface area contributed by atoms with E-state index in [4.69, 9.17) is 4.74 Å².